The van der Waals surface area contributed by atoms with Crippen molar-refractivity contribution in [3.63, 3.8) is 0 Å². The van der Waals surface area contributed by atoms with Gasteiger partial charge in [0.25, 0.3) is 11.1 Å². The van der Waals surface area contributed by atoms with Crippen LogP contribution in [0.1, 0.15) is 49.8 Å². The van der Waals surface area contributed by atoms with Crippen LogP contribution in [0.2, 0.25) is 0 Å². The lowest BCUT2D eigenvalue weighted by molar-refractivity contribution is -0.0460. The average Bonchev–Trinajstić information content (AvgIpc) is 3.40. The fraction of sp³-hybridized carbons (Fsp3) is 0.636. The Morgan fingerprint density at radius 2 is 1.33 bits per heavy atom. The van der Waals surface area contributed by atoms with Crippen LogP contribution in [0.4, 0.5) is 0 Å². The van der Waals surface area contributed by atoms with Crippen molar-refractivity contribution < 1.29 is 29.9 Å². The molecule has 2 aromatic rings. The number of aromatic amines is 2. The second kappa shape index (κ2) is 11.9. The van der Waals surface area contributed by atoms with E-state index in [1.807, 2.05) is 6.92 Å². The van der Waals surface area contributed by atoms with Gasteiger partial charge in [-0.25, -0.2) is 9.59 Å². The molecule has 2 fully saturated rings. The van der Waals surface area contributed by atoms with Gasteiger partial charge in [-0.3, -0.25) is 28.7 Å². The number of nitrogens with one attached hydrogen (secondary N) is 2. The minimum Gasteiger partial charge on any atom is -0.394 e. The van der Waals surface area contributed by atoms with E-state index in [0.29, 0.717) is 17.5 Å². The summed E-state index contributed by atoms with van der Waals surface area (Å²) in [6, 6.07) is 0. The number of hydrogen-bond acceptors (Lipinski definition) is 10. The van der Waals surface area contributed by atoms with Crippen LogP contribution in [0.3, 0.4) is 0 Å². The molecule has 0 aliphatic carbocycles. The van der Waals surface area contributed by atoms with Crippen LogP contribution < -0.4 is 22.5 Å². The van der Waals surface area contributed by atoms with Crippen LogP contribution in [0.5, 0.6) is 0 Å². The predicted molar refractivity (Wildman–Crippen MR) is 125 cm³/mol. The molecule has 0 radical (unpaired) electrons. The third kappa shape index (κ3) is 6.08. The molecule has 2 aromatic heterocycles. The molecule has 6 N–H and O–H groups in total. The summed E-state index contributed by atoms with van der Waals surface area (Å²) >= 11 is 0. The molecule has 0 bridgehead atoms. The molecule has 0 spiro atoms. The monoisotopic (exact) mass is 512 g/mol. The molecule has 0 saturated carbocycles. The van der Waals surface area contributed by atoms with Crippen LogP contribution in [0.15, 0.2) is 31.6 Å². The zero-order valence-corrected chi connectivity index (χ0v) is 20.0. The molecule has 0 amide bonds. The number of rotatable bonds is 6. The number of nitrogens with zero attached hydrogens (tertiary/aromatic N) is 2. The Kier molecular flexibility index (Phi) is 9.16. The molecule has 4 heterocycles. The first-order valence-electron chi connectivity index (χ1n) is 11.6. The van der Waals surface area contributed by atoms with Crippen molar-refractivity contribution in [1.29, 1.82) is 0 Å². The number of aryl methyl sites for hydroxylation is 2. The summed E-state index contributed by atoms with van der Waals surface area (Å²) < 4.78 is 13.2. The van der Waals surface area contributed by atoms with Crippen molar-refractivity contribution >= 4 is 0 Å². The largest absolute Gasteiger partial charge is 0.394 e. The summed E-state index contributed by atoms with van der Waals surface area (Å²) in [4.78, 5) is 50.5. The van der Waals surface area contributed by atoms with E-state index in [4.69, 9.17) is 19.7 Å². The summed E-state index contributed by atoms with van der Waals surface area (Å²) in [5.74, 6) is 0. The molecule has 2 aliphatic heterocycles. The third-order valence-electron chi connectivity index (χ3n) is 6.10. The van der Waals surface area contributed by atoms with Gasteiger partial charge in [-0.05, 0) is 13.3 Å². The zero-order valence-electron chi connectivity index (χ0n) is 20.0. The van der Waals surface area contributed by atoms with Gasteiger partial charge in [0.1, 0.15) is 24.7 Å². The topological polar surface area (TPSA) is 209 Å². The summed E-state index contributed by atoms with van der Waals surface area (Å²) in [5, 5.41) is 37.2. The van der Waals surface area contributed by atoms with Crippen molar-refractivity contribution in [2.24, 2.45) is 0 Å². The lowest BCUT2D eigenvalue weighted by atomic mass is 10.2. The zero-order chi connectivity index (χ0) is 26.6. The van der Waals surface area contributed by atoms with Gasteiger partial charge in [0.05, 0.1) is 25.4 Å². The minimum absolute atomic E-state index is 0.205. The Labute approximate surface area is 204 Å². The van der Waals surface area contributed by atoms with Gasteiger partial charge in [0.2, 0.25) is 0 Å². The number of ether oxygens (including phenoxy) is 2. The van der Waals surface area contributed by atoms with Crippen molar-refractivity contribution in [2.75, 3.05) is 13.2 Å². The highest BCUT2D eigenvalue weighted by atomic mass is 16.5. The molecular formula is C22H32N4O10. The fourth-order valence-corrected chi connectivity index (χ4v) is 4.09. The van der Waals surface area contributed by atoms with E-state index in [1.165, 1.54) is 21.5 Å². The Hall–Kier alpha value is -2.88. The molecule has 2 aliphatic rings. The molecule has 4 rings (SSSR count). The highest BCUT2D eigenvalue weighted by molar-refractivity contribution is 5.05. The maximum atomic E-state index is 11.8. The normalized spacial score (nSPS) is 27.6. The van der Waals surface area contributed by atoms with E-state index in [0.717, 1.165) is 6.42 Å². The number of aliphatic hydroxyl groups is 4. The fourth-order valence-electron chi connectivity index (χ4n) is 4.09. The summed E-state index contributed by atoms with van der Waals surface area (Å²) in [6.45, 7) is 2.89. The first-order valence-corrected chi connectivity index (χ1v) is 11.6. The van der Waals surface area contributed by atoms with Crippen LogP contribution in [0.25, 0.3) is 0 Å². The van der Waals surface area contributed by atoms with E-state index in [-0.39, 0.29) is 31.6 Å². The van der Waals surface area contributed by atoms with Gasteiger partial charge in [-0.2, -0.15) is 0 Å². The lowest BCUT2D eigenvalue weighted by Crippen LogP contribution is -2.34. The molecule has 6 atom stereocenters. The molecule has 200 valence electrons. The van der Waals surface area contributed by atoms with Crippen molar-refractivity contribution in [3.8, 4) is 0 Å². The van der Waals surface area contributed by atoms with Gasteiger partial charge >= 0.3 is 11.4 Å². The maximum Gasteiger partial charge on any atom is 0.330 e. The smallest absolute Gasteiger partial charge is 0.330 e. The third-order valence-corrected chi connectivity index (χ3v) is 6.10. The minimum atomic E-state index is -0.816. The SMILES string of the molecule is CCCc1cn([C@H]2C[C@H](O)[C@@H](CO)O2)c(=O)[nH]c1=O.Cc1cn([C@H]2C[C@H](O)[C@@H](CO)O2)c(=O)[nH]c1=O. The van der Waals surface area contributed by atoms with E-state index >= 15 is 0 Å². The van der Waals surface area contributed by atoms with Crippen molar-refractivity contribution in [2.45, 2.75) is 76.4 Å². The quantitative estimate of drug-likeness (QED) is 0.242. The summed E-state index contributed by atoms with van der Waals surface area (Å²) in [5.41, 5.74) is -1.09. The van der Waals surface area contributed by atoms with Gasteiger partial charge < -0.3 is 29.9 Å². The van der Waals surface area contributed by atoms with E-state index in [9.17, 15) is 29.4 Å². The second-order valence-corrected chi connectivity index (χ2v) is 8.78. The van der Waals surface area contributed by atoms with E-state index < -0.39 is 53.8 Å². The van der Waals surface area contributed by atoms with Gasteiger partial charge in [-0.1, -0.05) is 13.3 Å². The van der Waals surface area contributed by atoms with Crippen molar-refractivity contribution in [3.05, 3.63) is 65.2 Å². The Morgan fingerprint density at radius 1 is 0.861 bits per heavy atom. The average molecular weight is 513 g/mol. The van der Waals surface area contributed by atoms with Crippen molar-refractivity contribution in [1.82, 2.24) is 19.1 Å². The van der Waals surface area contributed by atoms with Gasteiger partial charge in [0.15, 0.2) is 0 Å². The van der Waals surface area contributed by atoms with E-state index in [2.05, 4.69) is 9.97 Å². The first kappa shape index (κ1) is 27.7. The number of aliphatic hydroxyl groups excluding tert-OH is 4. The Balaban J connectivity index is 0.000000202. The number of aromatic nitrogens is 4. The molecule has 0 aromatic carbocycles. The highest BCUT2D eigenvalue weighted by Gasteiger charge is 2.36. The molecule has 14 nitrogen and oxygen atoms in total. The molecule has 0 unspecified atom stereocenters. The van der Waals surface area contributed by atoms with Crippen LogP contribution in [-0.2, 0) is 15.9 Å². The molecule has 2 saturated heterocycles. The Bertz CT molecular complexity index is 1260. The number of hydrogen-bond donors (Lipinski definition) is 6. The van der Waals surface area contributed by atoms with Gasteiger partial charge in [-0.15, -0.1) is 0 Å². The van der Waals surface area contributed by atoms with Gasteiger partial charge in [0, 0.05) is 36.4 Å². The predicted octanol–water partition coefficient (Wildman–Crippen LogP) is -2.38. The second-order valence-electron chi connectivity index (χ2n) is 8.78. The highest BCUT2D eigenvalue weighted by Crippen LogP contribution is 2.28. The number of H-pyrrole nitrogens is 2. The molecule has 36 heavy (non-hydrogen) atoms. The maximum absolute atomic E-state index is 11.8. The lowest BCUT2D eigenvalue weighted by Gasteiger charge is -2.15. The van der Waals surface area contributed by atoms with Crippen LogP contribution in [0, 0.1) is 6.92 Å². The molecule has 14 heteroatoms. The summed E-state index contributed by atoms with van der Waals surface area (Å²) in [7, 11) is 0. The first-order chi connectivity index (χ1) is 17.1. The summed E-state index contributed by atoms with van der Waals surface area (Å²) in [6.07, 6.45) is 0.283. The molecular weight excluding hydrogens is 480 g/mol. The Morgan fingerprint density at radius 3 is 1.78 bits per heavy atom. The standard InChI is InChI=1S/C12H18N2O5.C10H14N2O5/c1-2-3-7-5-14(12(18)13-11(7)17)10-4-8(16)9(6-15)19-10;1-5-3-12(10(16)11-9(5)15)8-2-6(14)7(4-13)17-8/h5,8-10,15-16H,2-4,6H2,1H3,(H,13,17,18);3,6-8,13-14H,2,4H2,1H3,(H,11,15,16)/t8-,9+,10+;6-,7+,8+/m00/s1. The van der Waals surface area contributed by atoms with E-state index in [1.54, 1.807) is 6.92 Å². The van der Waals surface area contributed by atoms with Crippen LogP contribution >= 0.6 is 0 Å². The van der Waals surface area contributed by atoms with Crippen LogP contribution in [-0.4, -0.2) is 77.2 Å².